The van der Waals surface area contributed by atoms with E-state index in [0.717, 1.165) is 25.0 Å². The second-order valence-corrected chi connectivity index (χ2v) is 5.00. The molecule has 1 unspecified atom stereocenters. The van der Waals surface area contributed by atoms with Crippen LogP contribution in [-0.4, -0.2) is 31.4 Å². The molecule has 5 heteroatoms. The van der Waals surface area contributed by atoms with Gasteiger partial charge in [-0.1, -0.05) is 12.2 Å². The first-order valence-electron chi connectivity index (χ1n) is 6.42. The van der Waals surface area contributed by atoms with E-state index in [1.807, 2.05) is 12.1 Å². The third kappa shape index (κ3) is 4.08. The molecule has 1 aromatic rings. The van der Waals surface area contributed by atoms with Gasteiger partial charge in [0, 0.05) is 18.2 Å². The van der Waals surface area contributed by atoms with Crippen LogP contribution in [0.5, 0.6) is 11.5 Å². The van der Waals surface area contributed by atoms with E-state index in [-0.39, 0.29) is 6.10 Å². The first-order valence-corrected chi connectivity index (χ1v) is 6.83. The topological polar surface area (TPSA) is 53.7 Å². The molecule has 1 fully saturated rings. The Balaban J connectivity index is 2.02. The third-order valence-corrected chi connectivity index (χ3v) is 3.35. The highest BCUT2D eigenvalue weighted by molar-refractivity contribution is 7.80. The van der Waals surface area contributed by atoms with Crippen molar-refractivity contribution in [2.24, 2.45) is 5.73 Å². The second-order valence-electron chi connectivity index (χ2n) is 4.56. The van der Waals surface area contributed by atoms with Crippen LogP contribution in [0, 0.1) is 0 Å². The van der Waals surface area contributed by atoms with Crippen molar-refractivity contribution in [2.45, 2.75) is 25.4 Å². The predicted molar refractivity (Wildman–Crippen MR) is 78.0 cm³/mol. The molecule has 104 valence electrons. The van der Waals surface area contributed by atoms with Crippen LogP contribution in [0.1, 0.15) is 24.8 Å². The van der Waals surface area contributed by atoms with E-state index in [2.05, 4.69) is 0 Å². The molecule has 2 rings (SSSR count). The molecular formula is C14H19NO3S. The quantitative estimate of drug-likeness (QED) is 0.839. The molecule has 1 heterocycles. The molecule has 0 spiro atoms. The van der Waals surface area contributed by atoms with Gasteiger partial charge in [-0.15, -0.1) is 0 Å². The number of ether oxygens (including phenoxy) is 3. The van der Waals surface area contributed by atoms with E-state index >= 15 is 0 Å². The molecule has 0 bridgehead atoms. The van der Waals surface area contributed by atoms with Crippen LogP contribution in [0.15, 0.2) is 18.2 Å². The van der Waals surface area contributed by atoms with E-state index in [4.69, 9.17) is 32.2 Å². The third-order valence-electron chi connectivity index (χ3n) is 3.11. The van der Waals surface area contributed by atoms with Crippen molar-refractivity contribution >= 4 is 17.2 Å². The Morgan fingerprint density at radius 3 is 2.79 bits per heavy atom. The summed E-state index contributed by atoms with van der Waals surface area (Å²) >= 11 is 4.98. The SMILES string of the molecule is COc1cc(OCC2CCCCO2)cc(C(N)=S)c1. The lowest BCUT2D eigenvalue weighted by molar-refractivity contribution is -0.0111. The fourth-order valence-corrected chi connectivity index (χ4v) is 2.16. The van der Waals surface area contributed by atoms with E-state index < -0.39 is 0 Å². The molecule has 0 saturated carbocycles. The molecule has 0 amide bonds. The smallest absolute Gasteiger partial charge is 0.123 e. The highest BCUT2D eigenvalue weighted by Crippen LogP contribution is 2.23. The number of hydrogen-bond donors (Lipinski definition) is 1. The lowest BCUT2D eigenvalue weighted by Gasteiger charge is -2.22. The summed E-state index contributed by atoms with van der Waals surface area (Å²) in [6.07, 6.45) is 3.56. The highest BCUT2D eigenvalue weighted by atomic mass is 32.1. The van der Waals surface area contributed by atoms with Crippen molar-refractivity contribution in [3.63, 3.8) is 0 Å². The lowest BCUT2D eigenvalue weighted by atomic mass is 10.1. The molecule has 1 aromatic carbocycles. The van der Waals surface area contributed by atoms with Gasteiger partial charge in [0.1, 0.15) is 23.1 Å². The standard InChI is InChI=1S/C14H19NO3S/c1-16-12-6-10(14(15)19)7-13(8-12)18-9-11-4-2-3-5-17-11/h6-8,11H,2-5,9H2,1H3,(H2,15,19). The summed E-state index contributed by atoms with van der Waals surface area (Å²) in [6, 6.07) is 5.45. The molecule has 0 aromatic heterocycles. The van der Waals surface area contributed by atoms with Crippen molar-refractivity contribution in [2.75, 3.05) is 20.3 Å². The molecule has 19 heavy (non-hydrogen) atoms. The summed E-state index contributed by atoms with van der Waals surface area (Å²) in [7, 11) is 1.60. The minimum absolute atomic E-state index is 0.174. The fraction of sp³-hybridized carbons (Fsp3) is 0.500. The van der Waals surface area contributed by atoms with E-state index in [1.165, 1.54) is 6.42 Å². The van der Waals surface area contributed by atoms with E-state index in [0.29, 0.717) is 23.1 Å². The van der Waals surface area contributed by atoms with Crippen LogP contribution >= 0.6 is 12.2 Å². The van der Waals surface area contributed by atoms with Crippen molar-refractivity contribution in [3.05, 3.63) is 23.8 Å². The highest BCUT2D eigenvalue weighted by Gasteiger charge is 2.15. The second kappa shape index (κ2) is 6.73. The van der Waals surface area contributed by atoms with Gasteiger partial charge in [0.15, 0.2) is 0 Å². The Kier molecular flexibility index (Phi) is 4.99. The number of hydrogen-bond acceptors (Lipinski definition) is 4. The van der Waals surface area contributed by atoms with Gasteiger partial charge < -0.3 is 19.9 Å². The zero-order valence-corrected chi connectivity index (χ0v) is 11.9. The van der Waals surface area contributed by atoms with Crippen molar-refractivity contribution in [3.8, 4) is 11.5 Å². The molecule has 2 N–H and O–H groups in total. The molecule has 0 aliphatic carbocycles. The summed E-state index contributed by atoms with van der Waals surface area (Å²) in [5.41, 5.74) is 6.39. The number of methoxy groups -OCH3 is 1. The van der Waals surface area contributed by atoms with Crippen LogP contribution in [-0.2, 0) is 4.74 Å². The minimum Gasteiger partial charge on any atom is -0.497 e. The van der Waals surface area contributed by atoms with Crippen LogP contribution < -0.4 is 15.2 Å². The average Bonchev–Trinajstić information content (AvgIpc) is 2.45. The summed E-state index contributed by atoms with van der Waals surface area (Å²) in [6.45, 7) is 1.37. The zero-order chi connectivity index (χ0) is 13.7. The Labute approximate surface area is 118 Å². The zero-order valence-electron chi connectivity index (χ0n) is 11.1. The largest absolute Gasteiger partial charge is 0.497 e. The van der Waals surface area contributed by atoms with Crippen molar-refractivity contribution in [1.82, 2.24) is 0 Å². The number of benzene rings is 1. The van der Waals surface area contributed by atoms with Gasteiger partial charge in [0.2, 0.25) is 0 Å². The Hall–Kier alpha value is -1.33. The van der Waals surface area contributed by atoms with Gasteiger partial charge in [0.25, 0.3) is 0 Å². The summed E-state index contributed by atoms with van der Waals surface area (Å²) in [4.78, 5) is 0.331. The maximum atomic E-state index is 5.76. The molecule has 4 nitrogen and oxygen atoms in total. The Morgan fingerprint density at radius 1 is 1.37 bits per heavy atom. The predicted octanol–water partition coefficient (Wildman–Crippen LogP) is 2.28. The first-order chi connectivity index (χ1) is 9.19. The van der Waals surface area contributed by atoms with Crippen molar-refractivity contribution < 1.29 is 14.2 Å². The van der Waals surface area contributed by atoms with Gasteiger partial charge in [-0.25, -0.2) is 0 Å². The minimum atomic E-state index is 0.174. The van der Waals surface area contributed by atoms with Gasteiger partial charge in [-0.3, -0.25) is 0 Å². The monoisotopic (exact) mass is 281 g/mol. The van der Waals surface area contributed by atoms with Gasteiger partial charge in [-0.2, -0.15) is 0 Å². The number of nitrogens with two attached hydrogens (primary N) is 1. The van der Waals surface area contributed by atoms with Crippen LogP contribution in [0.3, 0.4) is 0 Å². The Morgan fingerprint density at radius 2 is 2.16 bits per heavy atom. The maximum Gasteiger partial charge on any atom is 0.123 e. The number of thiocarbonyl (C=S) groups is 1. The molecule has 1 atom stereocenters. The molecule has 1 saturated heterocycles. The maximum absolute atomic E-state index is 5.76. The van der Waals surface area contributed by atoms with Crippen LogP contribution in [0.25, 0.3) is 0 Å². The molecule has 1 aliphatic rings. The normalized spacial score (nSPS) is 18.9. The average molecular weight is 281 g/mol. The fourth-order valence-electron chi connectivity index (χ4n) is 2.04. The molecular weight excluding hydrogens is 262 g/mol. The van der Waals surface area contributed by atoms with Gasteiger partial charge in [-0.05, 0) is 31.4 Å². The summed E-state index contributed by atoms with van der Waals surface area (Å²) < 4.78 is 16.6. The molecule has 0 radical (unpaired) electrons. The van der Waals surface area contributed by atoms with E-state index in [9.17, 15) is 0 Å². The molecule has 1 aliphatic heterocycles. The first kappa shape index (κ1) is 14.1. The van der Waals surface area contributed by atoms with Crippen LogP contribution in [0.2, 0.25) is 0 Å². The summed E-state index contributed by atoms with van der Waals surface area (Å²) in [5.74, 6) is 1.39. The van der Waals surface area contributed by atoms with Gasteiger partial charge in [0.05, 0.1) is 13.2 Å². The van der Waals surface area contributed by atoms with Crippen LogP contribution in [0.4, 0.5) is 0 Å². The Bertz CT molecular complexity index is 444. The van der Waals surface area contributed by atoms with E-state index in [1.54, 1.807) is 13.2 Å². The summed E-state index contributed by atoms with van der Waals surface area (Å²) in [5, 5.41) is 0. The number of rotatable bonds is 5. The lowest BCUT2D eigenvalue weighted by Crippen LogP contribution is -2.25. The van der Waals surface area contributed by atoms with Crippen molar-refractivity contribution in [1.29, 1.82) is 0 Å². The van der Waals surface area contributed by atoms with Gasteiger partial charge >= 0.3 is 0 Å².